The van der Waals surface area contributed by atoms with Crippen LogP contribution in [0.25, 0.3) is 5.57 Å². The van der Waals surface area contributed by atoms with Crippen LogP contribution in [0.2, 0.25) is 0 Å². The van der Waals surface area contributed by atoms with Crippen molar-refractivity contribution in [3.05, 3.63) is 65.0 Å². The summed E-state index contributed by atoms with van der Waals surface area (Å²) in [6.07, 6.45) is 7.11. The Balaban J connectivity index is 1.84. The number of aromatic nitrogens is 1. The minimum Gasteiger partial charge on any atom is -0.365 e. The van der Waals surface area contributed by atoms with Crippen LogP contribution in [-0.2, 0) is 0 Å². The predicted octanol–water partition coefficient (Wildman–Crippen LogP) is 3.79. The molecule has 2 heterocycles. The van der Waals surface area contributed by atoms with E-state index < -0.39 is 0 Å². The third-order valence-electron chi connectivity index (χ3n) is 4.90. The molecule has 1 amide bonds. The van der Waals surface area contributed by atoms with Gasteiger partial charge in [-0.2, -0.15) is 5.10 Å². The zero-order chi connectivity index (χ0) is 18.9. The molecular weight excluding hydrogens is 324 g/mol. The van der Waals surface area contributed by atoms with Crippen molar-refractivity contribution < 1.29 is 4.79 Å². The first kappa shape index (κ1) is 17.9. The molecule has 3 rings (SSSR count). The first-order valence-electron chi connectivity index (χ1n) is 8.61. The second-order valence-electron chi connectivity index (χ2n) is 7.21. The van der Waals surface area contributed by atoms with Crippen LogP contribution in [0.3, 0.4) is 0 Å². The standard InChI is InChI=1S/C21H24N4O/c1-14-9-19-18(15(2)11-21(3,4)25(19)5)10-17(14)13-23-24-20(26)16-7-6-8-22-12-16/h6-13H,1-5H3,(H,24,26)/b23-13+. The van der Waals surface area contributed by atoms with Crippen molar-refractivity contribution >= 4 is 23.4 Å². The molecule has 1 aromatic carbocycles. The van der Waals surface area contributed by atoms with Gasteiger partial charge in [-0.25, -0.2) is 5.43 Å². The molecule has 1 aliphatic rings. The summed E-state index contributed by atoms with van der Waals surface area (Å²) in [6.45, 7) is 8.60. The first-order chi connectivity index (χ1) is 12.3. The number of hydrazone groups is 1. The van der Waals surface area contributed by atoms with E-state index in [1.54, 1.807) is 24.5 Å². The fraction of sp³-hybridized carbons (Fsp3) is 0.286. The van der Waals surface area contributed by atoms with E-state index >= 15 is 0 Å². The summed E-state index contributed by atoms with van der Waals surface area (Å²) in [7, 11) is 2.11. The Labute approximate surface area is 154 Å². The lowest BCUT2D eigenvalue weighted by atomic mass is 9.87. The van der Waals surface area contributed by atoms with Crippen molar-refractivity contribution in [3.63, 3.8) is 0 Å². The first-order valence-corrected chi connectivity index (χ1v) is 8.61. The maximum absolute atomic E-state index is 12.0. The van der Waals surface area contributed by atoms with E-state index in [1.165, 1.54) is 23.0 Å². The van der Waals surface area contributed by atoms with Crippen LogP contribution in [0.1, 0.15) is 47.8 Å². The average molecular weight is 348 g/mol. The number of hydrogen-bond donors (Lipinski definition) is 1. The third kappa shape index (κ3) is 3.38. The van der Waals surface area contributed by atoms with Gasteiger partial charge in [-0.3, -0.25) is 9.78 Å². The van der Waals surface area contributed by atoms with Gasteiger partial charge in [-0.05, 0) is 68.7 Å². The van der Waals surface area contributed by atoms with Gasteiger partial charge in [0.1, 0.15) is 0 Å². The molecule has 5 nitrogen and oxygen atoms in total. The highest BCUT2D eigenvalue weighted by atomic mass is 16.2. The molecule has 5 heteroatoms. The number of benzene rings is 1. The summed E-state index contributed by atoms with van der Waals surface area (Å²) >= 11 is 0. The minimum absolute atomic E-state index is 0.0170. The number of aryl methyl sites for hydroxylation is 1. The van der Waals surface area contributed by atoms with Gasteiger partial charge >= 0.3 is 0 Å². The molecule has 0 bridgehead atoms. The maximum Gasteiger partial charge on any atom is 0.272 e. The SMILES string of the molecule is CC1=CC(C)(C)N(C)c2cc(C)c(/C=N/NC(=O)c3cccnc3)cc21. The highest BCUT2D eigenvalue weighted by Gasteiger charge is 2.28. The number of hydrogen-bond acceptors (Lipinski definition) is 4. The molecular formula is C21H24N4O. The largest absolute Gasteiger partial charge is 0.365 e. The Morgan fingerprint density at radius 3 is 2.77 bits per heavy atom. The van der Waals surface area contributed by atoms with E-state index in [0.717, 1.165) is 11.1 Å². The van der Waals surface area contributed by atoms with E-state index in [1.807, 2.05) is 0 Å². The number of rotatable bonds is 3. The van der Waals surface area contributed by atoms with Crippen molar-refractivity contribution in [2.24, 2.45) is 5.10 Å². The normalized spacial score (nSPS) is 15.6. The number of amides is 1. The Morgan fingerprint density at radius 1 is 1.31 bits per heavy atom. The van der Waals surface area contributed by atoms with Gasteiger partial charge in [0.2, 0.25) is 0 Å². The van der Waals surface area contributed by atoms with E-state index in [9.17, 15) is 4.79 Å². The highest BCUT2D eigenvalue weighted by molar-refractivity contribution is 5.95. The molecule has 0 fully saturated rings. The molecule has 0 unspecified atom stereocenters. The summed E-state index contributed by atoms with van der Waals surface area (Å²) in [4.78, 5) is 18.3. The zero-order valence-corrected chi connectivity index (χ0v) is 15.9. The Hall–Kier alpha value is -2.95. The van der Waals surface area contributed by atoms with Gasteiger partial charge in [-0.15, -0.1) is 0 Å². The molecule has 0 saturated carbocycles. The molecule has 0 aliphatic carbocycles. The molecule has 0 spiro atoms. The van der Waals surface area contributed by atoms with Crippen molar-refractivity contribution in [1.29, 1.82) is 0 Å². The lowest BCUT2D eigenvalue weighted by Gasteiger charge is -2.41. The number of carbonyl (C=O) groups is 1. The summed E-state index contributed by atoms with van der Waals surface area (Å²) in [6, 6.07) is 7.73. The van der Waals surface area contributed by atoms with E-state index in [4.69, 9.17) is 0 Å². The van der Waals surface area contributed by atoms with Gasteiger partial charge in [0, 0.05) is 30.7 Å². The fourth-order valence-corrected chi connectivity index (χ4v) is 3.18. The summed E-state index contributed by atoms with van der Waals surface area (Å²) in [5.74, 6) is -0.275. The van der Waals surface area contributed by atoms with E-state index in [2.05, 4.69) is 73.4 Å². The lowest BCUT2D eigenvalue weighted by molar-refractivity contribution is 0.0955. The predicted molar refractivity (Wildman–Crippen MR) is 107 cm³/mol. The molecule has 2 aromatic rings. The quantitative estimate of drug-likeness (QED) is 0.678. The van der Waals surface area contributed by atoms with Crippen LogP contribution < -0.4 is 10.3 Å². The molecule has 1 aliphatic heterocycles. The molecule has 26 heavy (non-hydrogen) atoms. The van der Waals surface area contributed by atoms with Crippen LogP contribution in [0, 0.1) is 6.92 Å². The number of anilines is 1. The average Bonchev–Trinajstić information content (AvgIpc) is 2.61. The molecule has 0 radical (unpaired) electrons. The number of nitrogens with zero attached hydrogens (tertiary/aromatic N) is 3. The van der Waals surface area contributed by atoms with Crippen LogP contribution >= 0.6 is 0 Å². The maximum atomic E-state index is 12.0. The highest BCUT2D eigenvalue weighted by Crippen LogP contribution is 2.38. The second kappa shape index (κ2) is 6.75. The summed E-state index contributed by atoms with van der Waals surface area (Å²) < 4.78 is 0. The Bertz CT molecular complexity index is 898. The molecule has 0 atom stereocenters. The molecule has 134 valence electrons. The summed E-state index contributed by atoms with van der Waals surface area (Å²) in [5.41, 5.74) is 8.76. The van der Waals surface area contributed by atoms with Crippen molar-refractivity contribution in [1.82, 2.24) is 10.4 Å². The Kier molecular flexibility index (Phi) is 4.64. The lowest BCUT2D eigenvalue weighted by Crippen LogP contribution is -2.42. The van der Waals surface area contributed by atoms with Crippen molar-refractivity contribution in [3.8, 4) is 0 Å². The number of fused-ring (bicyclic) bond motifs is 1. The topological polar surface area (TPSA) is 57.6 Å². The van der Waals surface area contributed by atoms with Gasteiger partial charge < -0.3 is 4.90 Å². The van der Waals surface area contributed by atoms with Crippen LogP contribution in [0.15, 0.2) is 47.8 Å². The number of pyridine rings is 1. The number of nitrogens with one attached hydrogen (secondary N) is 1. The minimum atomic E-state index is -0.275. The third-order valence-corrected chi connectivity index (χ3v) is 4.90. The van der Waals surface area contributed by atoms with Gasteiger partial charge in [-0.1, -0.05) is 6.08 Å². The van der Waals surface area contributed by atoms with Crippen LogP contribution in [-0.4, -0.2) is 29.7 Å². The monoisotopic (exact) mass is 348 g/mol. The smallest absolute Gasteiger partial charge is 0.272 e. The molecule has 0 saturated heterocycles. The number of carbonyl (C=O) groups excluding carboxylic acids is 1. The van der Waals surface area contributed by atoms with E-state index in [0.29, 0.717) is 5.56 Å². The number of likely N-dealkylation sites (N-methyl/N-ethyl adjacent to an activating group) is 1. The van der Waals surface area contributed by atoms with Gasteiger partial charge in [0.25, 0.3) is 5.91 Å². The van der Waals surface area contributed by atoms with Crippen LogP contribution in [0.5, 0.6) is 0 Å². The van der Waals surface area contributed by atoms with Crippen molar-refractivity contribution in [2.45, 2.75) is 33.2 Å². The van der Waals surface area contributed by atoms with Crippen LogP contribution in [0.4, 0.5) is 5.69 Å². The molecule has 1 aromatic heterocycles. The van der Waals surface area contributed by atoms with Gasteiger partial charge in [0.05, 0.1) is 17.3 Å². The zero-order valence-electron chi connectivity index (χ0n) is 15.9. The summed E-state index contributed by atoms with van der Waals surface area (Å²) in [5, 5.41) is 4.11. The van der Waals surface area contributed by atoms with Gasteiger partial charge in [0.15, 0.2) is 0 Å². The second-order valence-corrected chi connectivity index (χ2v) is 7.21. The van der Waals surface area contributed by atoms with E-state index in [-0.39, 0.29) is 11.4 Å². The fourth-order valence-electron chi connectivity index (χ4n) is 3.18. The van der Waals surface area contributed by atoms with Crippen molar-refractivity contribution in [2.75, 3.05) is 11.9 Å². The Morgan fingerprint density at radius 2 is 2.08 bits per heavy atom. The number of allylic oxidation sites excluding steroid dienone is 1. The molecule has 1 N–H and O–H groups in total.